The van der Waals surface area contributed by atoms with Gasteiger partial charge in [-0.1, -0.05) is 364 Å². The molecule has 0 spiro atoms. The quantitative estimate of drug-likeness (QED) is 0.136. The van der Waals surface area contributed by atoms with Crippen LogP contribution in [0.25, 0.3) is 216 Å². The Morgan fingerprint density at radius 1 is 0.119 bits per heavy atom. The van der Waals surface area contributed by atoms with Gasteiger partial charge in [-0.3, -0.25) is 0 Å². The van der Waals surface area contributed by atoms with Crippen LogP contribution < -0.4 is 0 Å². The summed E-state index contributed by atoms with van der Waals surface area (Å²) in [5, 5.41) is 10.6. The minimum atomic E-state index is 1.18. The van der Waals surface area contributed by atoms with Gasteiger partial charge in [0, 0.05) is 16.5 Å². The number of aromatic nitrogens is 1. The molecule has 3 aliphatic carbocycles. The highest BCUT2D eigenvalue weighted by molar-refractivity contribution is 6.22. The van der Waals surface area contributed by atoms with Gasteiger partial charge in [0.15, 0.2) is 0 Å². The van der Waals surface area contributed by atoms with Crippen molar-refractivity contribution in [3.05, 3.63) is 419 Å². The second-order valence-corrected chi connectivity index (χ2v) is 28.9. The van der Waals surface area contributed by atoms with Crippen LogP contribution in [0, 0.1) is 0 Å². The molecule has 0 aliphatic heterocycles. The molecule has 0 bridgehead atoms. The van der Waals surface area contributed by atoms with Gasteiger partial charge in [-0.05, 0) is 243 Å². The number of hydrogen-bond acceptors (Lipinski definition) is 0. The second kappa shape index (κ2) is 26.4. The average Bonchev–Trinajstić information content (AvgIpc) is 1.60. The molecule has 0 unspecified atom stereocenters. The van der Waals surface area contributed by atoms with E-state index in [1.807, 2.05) is 0 Å². The van der Waals surface area contributed by atoms with Crippen LogP contribution >= 0.6 is 0 Å². The average molecular weight is 1380 g/mol. The van der Waals surface area contributed by atoms with Crippen LogP contribution in [0.1, 0.15) is 0 Å². The Hall–Kier alpha value is -14.2. The molecule has 0 saturated carbocycles. The predicted octanol–water partition coefficient (Wildman–Crippen LogP) is 29.9. The first-order valence-electron chi connectivity index (χ1n) is 37.8. The Morgan fingerprint density at radius 3 is 0.899 bits per heavy atom. The number of nitrogens with zero attached hydrogens (tertiary/aromatic N) is 1. The summed E-state index contributed by atoms with van der Waals surface area (Å²) < 4.78 is 2.37. The highest BCUT2D eigenvalue weighted by Crippen LogP contribution is 2.54. The molecule has 506 valence electrons. The smallest absolute Gasteiger partial charge is 0.0541 e. The number of para-hydroxylation sites is 2. The molecule has 109 heavy (non-hydrogen) atoms. The molecule has 1 heteroatoms. The maximum absolute atomic E-state index is 2.38. The molecule has 20 aromatic rings. The van der Waals surface area contributed by atoms with Crippen LogP contribution in [0.15, 0.2) is 419 Å². The van der Waals surface area contributed by atoms with E-state index in [-0.39, 0.29) is 0 Å². The molecule has 1 aromatic heterocycles. The summed E-state index contributed by atoms with van der Waals surface area (Å²) in [7, 11) is 0. The molecular weight excluding hydrogens is 1310 g/mol. The SMILES string of the molecule is c1ccc(-c2ccc3c(c2)-c2ccc(-c4ccccc4)c4cccc-3c24)cc1.c1ccc(-c2cccc(-c3ccc4c(c3)-c3ccc(-c5cccc(-c6ccccc6)c5)c5cccc-4c35)c2)cc1.c1ccc(-n2c3ccccc3c3cc(-c4ccc(-c5ccc6c7c(cccc57)-c5ccccc5-6)cc4)ccc32)cc1. The van der Waals surface area contributed by atoms with Crippen molar-refractivity contribution in [2.45, 2.75) is 0 Å². The predicted molar refractivity (Wildman–Crippen MR) is 463 cm³/mol. The summed E-state index contributed by atoms with van der Waals surface area (Å²) in [6, 6.07) is 152. The van der Waals surface area contributed by atoms with Crippen molar-refractivity contribution < 1.29 is 0 Å². The van der Waals surface area contributed by atoms with Crippen molar-refractivity contribution in [2.75, 3.05) is 0 Å². The third kappa shape index (κ3) is 10.8. The normalized spacial score (nSPS) is 11.7. The van der Waals surface area contributed by atoms with Crippen molar-refractivity contribution in [2.24, 2.45) is 0 Å². The van der Waals surface area contributed by atoms with E-state index < -0.39 is 0 Å². The molecule has 1 heterocycles. The molecule has 19 aromatic carbocycles. The zero-order chi connectivity index (χ0) is 71.9. The largest absolute Gasteiger partial charge is 0.309 e. The summed E-state index contributed by atoms with van der Waals surface area (Å²) in [6.45, 7) is 0. The second-order valence-electron chi connectivity index (χ2n) is 28.9. The fraction of sp³-hybridized carbons (Fsp3) is 0. The summed E-state index contributed by atoms with van der Waals surface area (Å²) in [4.78, 5) is 0. The van der Waals surface area contributed by atoms with E-state index in [4.69, 9.17) is 0 Å². The van der Waals surface area contributed by atoms with Crippen LogP contribution in [0.4, 0.5) is 0 Å². The van der Waals surface area contributed by atoms with Crippen LogP contribution in [0.3, 0.4) is 0 Å². The number of benzene rings is 19. The van der Waals surface area contributed by atoms with Crippen molar-refractivity contribution in [3.63, 3.8) is 0 Å². The summed E-state index contributed by atoms with van der Waals surface area (Å²) in [5.74, 6) is 0. The van der Waals surface area contributed by atoms with Gasteiger partial charge in [0.05, 0.1) is 11.0 Å². The first-order chi connectivity index (χ1) is 54.1. The van der Waals surface area contributed by atoms with Crippen molar-refractivity contribution in [1.82, 2.24) is 4.57 Å². The van der Waals surface area contributed by atoms with E-state index in [1.54, 1.807) is 0 Å². The Morgan fingerprint density at radius 2 is 0.385 bits per heavy atom. The monoisotopic (exact) mass is 1380 g/mol. The zero-order valence-electron chi connectivity index (χ0n) is 59.8. The highest BCUT2D eigenvalue weighted by atomic mass is 15.0. The van der Waals surface area contributed by atoms with Gasteiger partial charge < -0.3 is 4.57 Å². The third-order valence-electron chi connectivity index (χ3n) is 22.8. The van der Waals surface area contributed by atoms with Crippen molar-refractivity contribution in [3.8, 4) is 161 Å². The highest BCUT2D eigenvalue weighted by Gasteiger charge is 2.27. The molecule has 0 saturated heterocycles. The van der Waals surface area contributed by atoms with E-state index >= 15 is 0 Å². The van der Waals surface area contributed by atoms with E-state index in [1.165, 1.54) is 216 Å². The Balaban J connectivity index is 0.000000106. The fourth-order valence-corrected chi connectivity index (χ4v) is 17.7. The lowest BCUT2D eigenvalue weighted by Gasteiger charge is -2.11. The summed E-state index contributed by atoms with van der Waals surface area (Å²) in [5.41, 5.74) is 39.7. The maximum atomic E-state index is 2.38. The Bertz CT molecular complexity index is 6940. The number of fused-ring (bicyclic) bond motifs is 12. The molecule has 0 N–H and O–H groups in total. The van der Waals surface area contributed by atoms with Crippen molar-refractivity contribution in [1.29, 1.82) is 0 Å². The van der Waals surface area contributed by atoms with Gasteiger partial charge >= 0.3 is 0 Å². The topological polar surface area (TPSA) is 4.93 Å². The van der Waals surface area contributed by atoms with Crippen LogP contribution in [-0.2, 0) is 0 Å². The Kier molecular flexibility index (Phi) is 15.3. The first-order valence-corrected chi connectivity index (χ1v) is 37.8. The standard InChI is InChI=1S/C40H25N.C40H26.C28H18/c1-2-9-29(10-3-1)41-38-16-7-6-13-33(38)37-25-28(21-24-39(37)41)26-17-19-27(20-18-26)30-22-23-36-32-12-5-4-11-31(32)35-15-8-14-34(30)40(35)36;1-3-10-27(11-4-1)29-14-7-16-31(24-29)32-20-21-35-37-19-9-18-36-34(22-23-38(40(36)37)39(35)26-32)33-17-8-15-30(25-33)28-12-5-2-6-13-28;1-3-8-19(9-4-1)21-14-15-23-25-13-7-12-24-22(20-10-5-2-6-11-20)16-17-26(28(24)25)27(23)18-21/h1-25H;1-26H;1-18H. The van der Waals surface area contributed by atoms with Crippen LogP contribution in [0.5, 0.6) is 0 Å². The molecule has 0 radical (unpaired) electrons. The minimum Gasteiger partial charge on any atom is -0.309 e. The lowest BCUT2D eigenvalue weighted by Crippen LogP contribution is -1.92. The summed E-state index contributed by atoms with van der Waals surface area (Å²) >= 11 is 0. The number of hydrogen-bond donors (Lipinski definition) is 0. The molecule has 23 rings (SSSR count). The van der Waals surface area contributed by atoms with E-state index in [0.29, 0.717) is 0 Å². The zero-order valence-corrected chi connectivity index (χ0v) is 59.8. The Labute approximate surface area is 634 Å². The molecule has 3 aliphatic rings. The van der Waals surface area contributed by atoms with Gasteiger partial charge in [0.25, 0.3) is 0 Å². The van der Waals surface area contributed by atoms with Gasteiger partial charge in [-0.2, -0.15) is 0 Å². The number of rotatable bonds is 9. The molecule has 0 fully saturated rings. The molecule has 0 atom stereocenters. The van der Waals surface area contributed by atoms with Gasteiger partial charge in [0.2, 0.25) is 0 Å². The van der Waals surface area contributed by atoms with Gasteiger partial charge in [-0.25, -0.2) is 0 Å². The molecule has 0 amide bonds. The van der Waals surface area contributed by atoms with E-state index in [2.05, 4.69) is 423 Å². The van der Waals surface area contributed by atoms with Crippen LogP contribution in [0.2, 0.25) is 0 Å². The third-order valence-corrected chi connectivity index (χ3v) is 22.8. The fourth-order valence-electron chi connectivity index (χ4n) is 17.7. The maximum Gasteiger partial charge on any atom is 0.0541 e. The van der Waals surface area contributed by atoms with Gasteiger partial charge in [-0.15, -0.1) is 0 Å². The van der Waals surface area contributed by atoms with E-state index in [9.17, 15) is 0 Å². The lowest BCUT2D eigenvalue weighted by molar-refractivity contribution is 1.18. The first kappa shape index (κ1) is 63.3. The minimum absolute atomic E-state index is 1.18. The van der Waals surface area contributed by atoms with Crippen LogP contribution in [-0.4, -0.2) is 4.57 Å². The van der Waals surface area contributed by atoms with Gasteiger partial charge in [0.1, 0.15) is 0 Å². The lowest BCUT2D eigenvalue weighted by atomic mass is 9.92. The molecule has 1 nitrogen and oxygen atoms in total. The van der Waals surface area contributed by atoms with Crippen molar-refractivity contribution >= 4 is 54.1 Å². The summed E-state index contributed by atoms with van der Waals surface area (Å²) in [6.07, 6.45) is 0. The molecular formula is C108H69N. The van der Waals surface area contributed by atoms with E-state index in [0.717, 1.165) is 0 Å².